The van der Waals surface area contributed by atoms with E-state index in [9.17, 15) is 4.79 Å². The Morgan fingerprint density at radius 2 is 1.76 bits per heavy atom. The summed E-state index contributed by atoms with van der Waals surface area (Å²) in [5.74, 6) is 1.58. The normalized spacial score (nSPS) is 19.3. The van der Waals surface area contributed by atoms with Gasteiger partial charge in [0.15, 0.2) is 5.96 Å². The number of likely N-dealkylation sites (tertiary alicyclic amines) is 1. The summed E-state index contributed by atoms with van der Waals surface area (Å²) in [5.41, 5.74) is -0.741. The van der Waals surface area contributed by atoms with Crippen molar-refractivity contribution < 1.29 is 14.3 Å². The number of carbonyl (C=O) groups excluding carboxylic acids is 1. The van der Waals surface area contributed by atoms with Crippen LogP contribution in [0, 0.1) is 5.92 Å². The lowest BCUT2D eigenvalue weighted by Crippen LogP contribution is -2.52. The standard InChI is InChI=1S/C22H42N4O3/c1-8-23-19(24-16-22(5,6)28-7)25-13-11-18(12-14-25)26(15-17-9-10-17)20(27)29-21(2,3)4/h17-18H,8-16H2,1-7H3,(H,23,24). The molecule has 1 saturated carbocycles. The molecule has 1 saturated heterocycles. The van der Waals surface area contributed by atoms with Crippen LogP contribution < -0.4 is 5.32 Å². The Morgan fingerprint density at radius 3 is 2.24 bits per heavy atom. The average Bonchev–Trinajstić information content (AvgIpc) is 3.46. The summed E-state index contributed by atoms with van der Waals surface area (Å²) < 4.78 is 11.2. The van der Waals surface area contributed by atoms with Crippen LogP contribution in [0.3, 0.4) is 0 Å². The van der Waals surface area contributed by atoms with E-state index in [1.807, 2.05) is 39.5 Å². The van der Waals surface area contributed by atoms with Gasteiger partial charge < -0.3 is 24.6 Å². The third kappa shape index (κ3) is 8.03. The molecular weight excluding hydrogens is 368 g/mol. The van der Waals surface area contributed by atoms with Crippen molar-refractivity contribution in [3.63, 3.8) is 0 Å². The van der Waals surface area contributed by atoms with Gasteiger partial charge in [0.25, 0.3) is 0 Å². The van der Waals surface area contributed by atoms with Gasteiger partial charge in [-0.25, -0.2) is 4.79 Å². The molecule has 0 aromatic carbocycles. The number of nitrogens with zero attached hydrogens (tertiary/aromatic N) is 3. The van der Waals surface area contributed by atoms with E-state index in [4.69, 9.17) is 14.5 Å². The van der Waals surface area contributed by atoms with Crippen molar-refractivity contribution in [2.45, 2.75) is 84.5 Å². The van der Waals surface area contributed by atoms with Crippen molar-refractivity contribution in [2.75, 3.05) is 39.8 Å². The second kappa shape index (κ2) is 10.0. The van der Waals surface area contributed by atoms with Gasteiger partial charge in [-0.15, -0.1) is 0 Å². The third-order valence-corrected chi connectivity index (χ3v) is 5.48. The summed E-state index contributed by atoms with van der Waals surface area (Å²) >= 11 is 0. The minimum absolute atomic E-state index is 0.162. The maximum absolute atomic E-state index is 12.8. The molecule has 0 aromatic rings. The highest BCUT2D eigenvalue weighted by Crippen LogP contribution is 2.32. The van der Waals surface area contributed by atoms with Gasteiger partial charge in [-0.05, 0) is 73.1 Å². The molecular formula is C22H42N4O3. The molecule has 1 N–H and O–H groups in total. The highest BCUT2D eigenvalue weighted by molar-refractivity contribution is 5.80. The van der Waals surface area contributed by atoms with Gasteiger partial charge in [-0.2, -0.15) is 0 Å². The molecule has 0 unspecified atom stereocenters. The molecule has 2 fully saturated rings. The smallest absolute Gasteiger partial charge is 0.410 e. The Morgan fingerprint density at radius 1 is 1.14 bits per heavy atom. The molecule has 1 heterocycles. The topological polar surface area (TPSA) is 66.4 Å². The van der Waals surface area contributed by atoms with E-state index < -0.39 is 5.60 Å². The number of piperidine rings is 1. The van der Waals surface area contributed by atoms with Crippen molar-refractivity contribution in [3.05, 3.63) is 0 Å². The van der Waals surface area contributed by atoms with E-state index in [2.05, 4.69) is 17.1 Å². The predicted octanol–water partition coefficient (Wildman–Crippen LogP) is 3.49. The van der Waals surface area contributed by atoms with Crippen LogP contribution in [0.4, 0.5) is 4.79 Å². The zero-order chi connectivity index (χ0) is 21.7. The van der Waals surface area contributed by atoms with Crippen molar-refractivity contribution in [1.82, 2.24) is 15.1 Å². The van der Waals surface area contributed by atoms with E-state index in [-0.39, 0.29) is 17.7 Å². The maximum Gasteiger partial charge on any atom is 0.410 e. The number of ether oxygens (including phenoxy) is 2. The summed E-state index contributed by atoms with van der Waals surface area (Å²) in [6.07, 6.45) is 4.16. The van der Waals surface area contributed by atoms with Gasteiger partial charge in [-0.3, -0.25) is 4.99 Å². The van der Waals surface area contributed by atoms with Crippen LogP contribution in [-0.2, 0) is 9.47 Å². The number of amides is 1. The van der Waals surface area contributed by atoms with Gasteiger partial charge in [-0.1, -0.05) is 0 Å². The largest absolute Gasteiger partial charge is 0.444 e. The molecule has 1 aliphatic carbocycles. The molecule has 7 heteroatoms. The third-order valence-electron chi connectivity index (χ3n) is 5.48. The molecule has 0 atom stereocenters. The first-order valence-electron chi connectivity index (χ1n) is 11.1. The zero-order valence-corrected chi connectivity index (χ0v) is 19.6. The van der Waals surface area contributed by atoms with Crippen LogP contribution in [0.15, 0.2) is 4.99 Å². The van der Waals surface area contributed by atoms with E-state index in [0.717, 1.165) is 45.0 Å². The fourth-order valence-electron chi connectivity index (χ4n) is 3.42. The van der Waals surface area contributed by atoms with Crippen molar-refractivity contribution in [1.29, 1.82) is 0 Å². The first-order valence-corrected chi connectivity index (χ1v) is 11.1. The monoisotopic (exact) mass is 410 g/mol. The lowest BCUT2D eigenvalue weighted by atomic mass is 10.0. The van der Waals surface area contributed by atoms with Crippen molar-refractivity contribution in [3.8, 4) is 0 Å². The Labute approximate surface area is 177 Å². The van der Waals surface area contributed by atoms with Crippen molar-refractivity contribution in [2.24, 2.45) is 10.9 Å². The quantitative estimate of drug-likeness (QED) is 0.514. The molecule has 2 aliphatic rings. The van der Waals surface area contributed by atoms with Crippen molar-refractivity contribution >= 4 is 12.1 Å². The number of nitrogens with one attached hydrogen (secondary N) is 1. The van der Waals surface area contributed by atoms with Gasteiger partial charge in [0, 0.05) is 39.3 Å². The van der Waals surface area contributed by atoms with E-state index in [0.29, 0.717) is 12.5 Å². The molecule has 1 aliphatic heterocycles. The summed E-state index contributed by atoms with van der Waals surface area (Å²) in [6.45, 7) is 16.0. The Bertz CT molecular complexity index is 559. The van der Waals surface area contributed by atoms with Crippen LogP contribution in [0.2, 0.25) is 0 Å². The summed E-state index contributed by atoms with van der Waals surface area (Å²) in [4.78, 5) is 21.9. The number of hydrogen-bond donors (Lipinski definition) is 1. The fraction of sp³-hybridized carbons (Fsp3) is 0.909. The van der Waals surface area contributed by atoms with E-state index in [1.54, 1.807) is 7.11 Å². The first-order chi connectivity index (χ1) is 13.5. The Kier molecular flexibility index (Phi) is 8.20. The minimum atomic E-state index is -0.460. The first kappa shape index (κ1) is 23.8. The Balaban J connectivity index is 1.99. The van der Waals surface area contributed by atoms with Gasteiger partial charge >= 0.3 is 6.09 Å². The number of carbonyl (C=O) groups is 1. The molecule has 29 heavy (non-hydrogen) atoms. The average molecular weight is 411 g/mol. The predicted molar refractivity (Wildman–Crippen MR) is 117 cm³/mol. The molecule has 0 spiro atoms. The SMILES string of the molecule is CCNC(=NCC(C)(C)OC)N1CCC(N(CC2CC2)C(=O)OC(C)(C)C)CC1. The van der Waals surface area contributed by atoms with E-state index >= 15 is 0 Å². The second-order valence-corrected chi connectivity index (χ2v) is 9.93. The highest BCUT2D eigenvalue weighted by Gasteiger charge is 2.35. The number of aliphatic imine (C=N–C) groups is 1. The minimum Gasteiger partial charge on any atom is -0.444 e. The molecule has 1 amide bonds. The maximum atomic E-state index is 12.8. The summed E-state index contributed by atoms with van der Waals surface area (Å²) in [6, 6.07) is 0.236. The van der Waals surface area contributed by atoms with Gasteiger partial charge in [0.1, 0.15) is 5.60 Å². The second-order valence-electron chi connectivity index (χ2n) is 9.93. The van der Waals surface area contributed by atoms with Gasteiger partial charge in [0.2, 0.25) is 0 Å². The molecule has 0 aromatic heterocycles. The molecule has 0 radical (unpaired) electrons. The van der Waals surface area contributed by atoms with Crippen LogP contribution in [-0.4, -0.2) is 78.9 Å². The van der Waals surface area contributed by atoms with Crippen LogP contribution in [0.1, 0.15) is 67.2 Å². The number of rotatable bonds is 7. The lowest BCUT2D eigenvalue weighted by molar-refractivity contribution is 0.00913. The fourth-order valence-corrected chi connectivity index (χ4v) is 3.42. The number of hydrogen-bond acceptors (Lipinski definition) is 4. The van der Waals surface area contributed by atoms with Crippen LogP contribution in [0.5, 0.6) is 0 Å². The van der Waals surface area contributed by atoms with Gasteiger partial charge in [0.05, 0.1) is 12.1 Å². The molecule has 168 valence electrons. The van der Waals surface area contributed by atoms with Crippen LogP contribution in [0.25, 0.3) is 0 Å². The molecule has 2 rings (SSSR count). The number of guanidine groups is 1. The van der Waals surface area contributed by atoms with Crippen LogP contribution >= 0.6 is 0 Å². The highest BCUT2D eigenvalue weighted by atomic mass is 16.6. The molecule has 7 nitrogen and oxygen atoms in total. The Hall–Kier alpha value is -1.50. The summed E-state index contributed by atoms with van der Waals surface area (Å²) in [5, 5.41) is 3.40. The summed E-state index contributed by atoms with van der Waals surface area (Å²) in [7, 11) is 1.72. The lowest BCUT2D eigenvalue weighted by Gasteiger charge is -2.40. The molecule has 0 bridgehead atoms. The number of methoxy groups -OCH3 is 1. The zero-order valence-electron chi connectivity index (χ0n) is 19.6. The van der Waals surface area contributed by atoms with E-state index in [1.165, 1.54) is 12.8 Å².